The SMILES string of the molecule is CS(=N)(=O)N1CCCNCC1. The number of hydrogen-bond acceptors (Lipinski definition) is 3. The molecule has 0 aliphatic carbocycles. The number of hydrogen-bond donors (Lipinski definition) is 2. The lowest BCUT2D eigenvalue weighted by molar-refractivity contribution is 0.466. The Bertz CT molecular complexity index is 204. The van der Waals surface area contributed by atoms with Gasteiger partial charge in [0.05, 0.1) is 0 Å². The van der Waals surface area contributed by atoms with Crippen molar-refractivity contribution < 1.29 is 4.21 Å². The van der Waals surface area contributed by atoms with Gasteiger partial charge in [-0.2, -0.15) is 0 Å². The van der Waals surface area contributed by atoms with Gasteiger partial charge in [-0.05, 0) is 13.0 Å². The maximum atomic E-state index is 11.3. The molecule has 1 unspecified atom stereocenters. The Kier molecular flexibility index (Phi) is 2.86. The molecule has 0 aromatic heterocycles. The maximum Gasteiger partial charge on any atom is 0.104 e. The Morgan fingerprint density at radius 2 is 2.18 bits per heavy atom. The Morgan fingerprint density at radius 1 is 1.45 bits per heavy atom. The van der Waals surface area contributed by atoms with Crippen LogP contribution < -0.4 is 5.32 Å². The minimum atomic E-state index is -2.46. The summed E-state index contributed by atoms with van der Waals surface area (Å²) in [6, 6.07) is 0. The van der Waals surface area contributed by atoms with E-state index >= 15 is 0 Å². The quantitative estimate of drug-likeness (QED) is 0.586. The summed E-state index contributed by atoms with van der Waals surface area (Å²) in [6.45, 7) is 3.35. The highest BCUT2D eigenvalue weighted by Gasteiger charge is 2.14. The molecule has 0 saturated carbocycles. The zero-order chi connectivity index (χ0) is 8.32. The van der Waals surface area contributed by atoms with Crippen LogP contribution in [0.3, 0.4) is 0 Å². The van der Waals surface area contributed by atoms with Crippen LogP contribution in [0.4, 0.5) is 0 Å². The lowest BCUT2D eigenvalue weighted by Crippen LogP contribution is -2.32. The minimum Gasteiger partial charge on any atom is -0.315 e. The van der Waals surface area contributed by atoms with Gasteiger partial charge in [0.1, 0.15) is 9.92 Å². The summed E-state index contributed by atoms with van der Waals surface area (Å²) in [7, 11) is -2.46. The first-order valence-corrected chi connectivity index (χ1v) is 5.72. The zero-order valence-electron chi connectivity index (χ0n) is 6.80. The van der Waals surface area contributed by atoms with E-state index in [0.29, 0.717) is 0 Å². The molecule has 0 aromatic rings. The molecule has 4 nitrogen and oxygen atoms in total. The number of nitrogens with one attached hydrogen (secondary N) is 2. The fourth-order valence-corrected chi connectivity index (χ4v) is 2.09. The largest absolute Gasteiger partial charge is 0.315 e. The van der Waals surface area contributed by atoms with Gasteiger partial charge in [-0.1, -0.05) is 0 Å². The van der Waals surface area contributed by atoms with Gasteiger partial charge in [-0.25, -0.2) is 13.3 Å². The molecule has 1 saturated heterocycles. The molecule has 0 amide bonds. The Morgan fingerprint density at radius 3 is 2.82 bits per heavy atom. The highest BCUT2D eigenvalue weighted by molar-refractivity contribution is 7.89. The van der Waals surface area contributed by atoms with Crippen molar-refractivity contribution in [2.75, 3.05) is 32.4 Å². The standard InChI is InChI=1S/C6H15N3OS/c1-11(7,10)9-5-2-3-8-4-6-9/h7-8H,2-6H2,1H3. The summed E-state index contributed by atoms with van der Waals surface area (Å²) in [5, 5.41) is 3.20. The van der Waals surface area contributed by atoms with Gasteiger partial charge in [0.25, 0.3) is 0 Å². The molecule has 1 rings (SSSR count). The molecule has 1 atom stereocenters. The van der Waals surface area contributed by atoms with E-state index < -0.39 is 9.92 Å². The average molecular weight is 177 g/mol. The average Bonchev–Trinajstić information content (AvgIpc) is 2.10. The Hall–Kier alpha value is -0.130. The van der Waals surface area contributed by atoms with E-state index in [2.05, 4.69) is 5.32 Å². The summed E-state index contributed by atoms with van der Waals surface area (Å²) in [5.74, 6) is 0. The second-order valence-corrected chi connectivity index (χ2v) is 4.96. The second-order valence-electron chi connectivity index (χ2n) is 2.84. The van der Waals surface area contributed by atoms with Crippen LogP contribution >= 0.6 is 0 Å². The van der Waals surface area contributed by atoms with E-state index in [0.717, 1.165) is 32.6 Å². The molecule has 0 spiro atoms. The van der Waals surface area contributed by atoms with Gasteiger partial charge in [-0.3, -0.25) is 0 Å². The molecule has 11 heavy (non-hydrogen) atoms. The van der Waals surface area contributed by atoms with Gasteiger partial charge >= 0.3 is 0 Å². The lowest BCUT2D eigenvalue weighted by atomic mass is 10.4. The van der Waals surface area contributed by atoms with Crippen molar-refractivity contribution in [3.63, 3.8) is 0 Å². The molecular formula is C6H15N3OS. The molecule has 0 radical (unpaired) electrons. The number of rotatable bonds is 1. The van der Waals surface area contributed by atoms with Gasteiger partial charge in [-0.15, -0.1) is 0 Å². The van der Waals surface area contributed by atoms with Crippen LogP contribution in [-0.4, -0.2) is 40.9 Å². The van der Waals surface area contributed by atoms with Crippen molar-refractivity contribution in [3.05, 3.63) is 0 Å². The summed E-state index contributed by atoms with van der Waals surface area (Å²) >= 11 is 0. The van der Waals surface area contributed by atoms with Crippen LogP contribution in [0.2, 0.25) is 0 Å². The second kappa shape index (κ2) is 3.51. The third-order valence-electron chi connectivity index (χ3n) is 1.79. The van der Waals surface area contributed by atoms with E-state index in [1.807, 2.05) is 0 Å². The summed E-state index contributed by atoms with van der Waals surface area (Å²) in [6.07, 6.45) is 2.47. The lowest BCUT2D eigenvalue weighted by Gasteiger charge is -2.18. The van der Waals surface area contributed by atoms with E-state index in [-0.39, 0.29) is 0 Å². The molecule has 0 bridgehead atoms. The fraction of sp³-hybridized carbons (Fsp3) is 1.00. The highest BCUT2D eigenvalue weighted by Crippen LogP contribution is 2.01. The molecule has 1 fully saturated rings. The van der Waals surface area contributed by atoms with Crippen LogP contribution in [-0.2, 0) is 9.92 Å². The molecule has 2 N–H and O–H groups in total. The van der Waals surface area contributed by atoms with Crippen LogP contribution in [0, 0.1) is 4.78 Å². The third kappa shape index (κ3) is 2.76. The molecule has 1 heterocycles. The highest BCUT2D eigenvalue weighted by atomic mass is 32.2. The van der Waals surface area contributed by atoms with Crippen LogP contribution in [0.5, 0.6) is 0 Å². The first kappa shape index (κ1) is 8.96. The van der Waals surface area contributed by atoms with Crippen LogP contribution in [0.1, 0.15) is 6.42 Å². The van der Waals surface area contributed by atoms with Crippen molar-refractivity contribution >= 4 is 9.92 Å². The summed E-state index contributed by atoms with van der Waals surface area (Å²) in [4.78, 5) is 0. The summed E-state index contributed by atoms with van der Waals surface area (Å²) in [5.41, 5.74) is 0. The first-order valence-electron chi connectivity index (χ1n) is 3.80. The molecule has 1 aliphatic rings. The van der Waals surface area contributed by atoms with E-state index in [4.69, 9.17) is 4.78 Å². The van der Waals surface area contributed by atoms with Gasteiger partial charge in [0.15, 0.2) is 0 Å². The van der Waals surface area contributed by atoms with E-state index in [9.17, 15) is 4.21 Å². The molecular weight excluding hydrogens is 162 g/mol. The first-order chi connectivity index (χ1) is 5.11. The predicted octanol–water partition coefficient (Wildman–Crippen LogP) is -0.127. The zero-order valence-corrected chi connectivity index (χ0v) is 7.62. The van der Waals surface area contributed by atoms with Crippen molar-refractivity contribution in [2.24, 2.45) is 0 Å². The Labute approximate surface area is 68.1 Å². The minimum absolute atomic E-state index is 0.735. The van der Waals surface area contributed by atoms with Gasteiger partial charge in [0, 0.05) is 25.9 Å². The van der Waals surface area contributed by atoms with Crippen molar-refractivity contribution in [1.82, 2.24) is 9.62 Å². The van der Waals surface area contributed by atoms with Gasteiger partial charge < -0.3 is 5.32 Å². The molecule has 1 aliphatic heterocycles. The Balaban J connectivity index is 2.57. The maximum absolute atomic E-state index is 11.3. The smallest absolute Gasteiger partial charge is 0.104 e. The normalized spacial score (nSPS) is 27.4. The molecule has 0 aromatic carbocycles. The van der Waals surface area contributed by atoms with Crippen molar-refractivity contribution in [1.29, 1.82) is 4.78 Å². The summed E-state index contributed by atoms with van der Waals surface area (Å²) < 4.78 is 20.4. The van der Waals surface area contributed by atoms with Crippen LogP contribution in [0.25, 0.3) is 0 Å². The number of nitrogens with zero attached hydrogens (tertiary/aromatic N) is 1. The van der Waals surface area contributed by atoms with E-state index in [1.165, 1.54) is 6.26 Å². The topological polar surface area (TPSA) is 56.2 Å². The van der Waals surface area contributed by atoms with Crippen LogP contribution in [0.15, 0.2) is 0 Å². The van der Waals surface area contributed by atoms with Crippen molar-refractivity contribution in [2.45, 2.75) is 6.42 Å². The predicted molar refractivity (Wildman–Crippen MR) is 45.8 cm³/mol. The monoisotopic (exact) mass is 177 g/mol. The molecule has 5 heteroatoms. The molecule has 66 valence electrons. The van der Waals surface area contributed by atoms with Gasteiger partial charge in [0.2, 0.25) is 0 Å². The van der Waals surface area contributed by atoms with Crippen molar-refractivity contribution in [3.8, 4) is 0 Å². The fourth-order valence-electron chi connectivity index (χ4n) is 1.17. The van der Waals surface area contributed by atoms with E-state index in [1.54, 1.807) is 4.31 Å². The third-order valence-corrected chi connectivity index (χ3v) is 3.14.